The highest BCUT2D eigenvalue weighted by Gasteiger charge is 2.18. The Morgan fingerprint density at radius 2 is 2.12 bits per heavy atom. The van der Waals surface area contributed by atoms with Crippen molar-refractivity contribution < 1.29 is 4.74 Å². The topological polar surface area (TPSA) is 55.6 Å². The number of rotatable bonds is 7. The lowest BCUT2D eigenvalue weighted by Gasteiger charge is -2.23. The summed E-state index contributed by atoms with van der Waals surface area (Å²) in [6, 6.07) is 0. The average Bonchev–Trinajstić information content (AvgIpc) is 2.29. The zero-order valence-corrected chi connectivity index (χ0v) is 10.6. The summed E-state index contributed by atoms with van der Waals surface area (Å²) in [5, 5.41) is 0. The van der Waals surface area contributed by atoms with Crippen LogP contribution in [0.25, 0.3) is 0 Å². The zero-order chi connectivity index (χ0) is 12.1. The van der Waals surface area contributed by atoms with Gasteiger partial charge in [-0.15, -0.1) is 0 Å². The van der Waals surface area contributed by atoms with Crippen LogP contribution >= 0.6 is 12.2 Å². The van der Waals surface area contributed by atoms with Gasteiger partial charge in [0.25, 0.3) is 0 Å². The predicted molar refractivity (Wildman–Crippen MR) is 68.4 cm³/mol. The van der Waals surface area contributed by atoms with E-state index in [4.69, 9.17) is 22.7 Å². The van der Waals surface area contributed by atoms with Crippen molar-refractivity contribution >= 4 is 17.9 Å². The summed E-state index contributed by atoms with van der Waals surface area (Å²) in [7, 11) is 1.93. The SMILES string of the molecule is CCc1c(N(C)CCOCCN)c(=S)c1=O. The van der Waals surface area contributed by atoms with Crippen LogP contribution in [-0.2, 0) is 11.2 Å². The second kappa shape index (κ2) is 6.08. The molecule has 0 amide bonds. The fraction of sp³-hybridized carbons (Fsp3) is 0.636. The van der Waals surface area contributed by atoms with E-state index in [0.29, 0.717) is 24.3 Å². The second-order valence-corrected chi connectivity index (χ2v) is 4.07. The molecule has 0 radical (unpaired) electrons. The lowest BCUT2D eigenvalue weighted by Crippen LogP contribution is -2.31. The summed E-state index contributed by atoms with van der Waals surface area (Å²) in [6.45, 7) is 4.39. The van der Waals surface area contributed by atoms with E-state index >= 15 is 0 Å². The molecule has 0 aromatic heterocycles. The molecule has 2 N–H and O–H groups in total. The molecular formula is C11H18N2O2S. The molecule has 1 rings (SSSR count). The molecule has 0 aliphatic heterocycles. The molecule has 0 saturated heterocycles. The Hall–Kier alpha value is -0.780. The van der Waals surface area contributed by atoms with Gasteiger partial charge in [-0.1, -0.05) is 19.1 Å². The maximum absolute atomic E-state index is 11.4. The van der Waals surface area contributed by atoms with Crippen LogP contribution < -0.4 is 16.1 Å². The standard InChI is InChI=1S/C11H18N2O2S/c1-3-8-9(11(16)10(8)14)13(2)5-7-15-6-4-12/h3-7,12H2,1-2H3. The van der Waals surface area contributed by atoms with Gasteiger partial charge in [-0.25, -0.2) is 0 Å². The van der Waals surface area contributed by atoms with Gasteiger partial charge in [0.2, 0.25) is 5.43 Å². The summed E-state index contributed by atoms with van der Waals surface area (Å²) in [4.78, 5) is 13.4. The van der Waals surface area contributed by atoms with Crippen molar-refractivity contribution in [3.8, 4) is 0 Å². The first-order valence-electron chi connectivity index (χ1n) is 5.44. The zero-order valence-electron chi connectivity index (χ0n) is 9.78. The van der Waals surface area contributed by atoms with E-state index in [0.717, 1.165) is 24.2 Å². The third-order valence-electron chi connectivity index (χ3n) is 2.55. The number of anilines is 1. The van der Waals surface area contributed by atoms with Gasteiger partial charge >= 0.3 is 0 Å². The van der Waals surface area contributed by atoms with Crippen LogP contribution in [0.3, 0.4) is 0 Å². The van der Waals surface area contributed by atoms with Gasteiger partial charge in [-0.3, -0.25) is 4.79 Å². The predicted octanol–water partition coefficient (Wildman–Crippen LogP) is 0.626. The van der Waals surface area contributed by atoms with Crippen LogP contribution in [0.4, 0.5) is 5.69 Å². The Balaban J connectivity index is 2.53. The lowest BCUT2D eigenvalue weighted by atomic mass is 10.0. The number of ether oxygens (including phenoxy) is 1. The van der Waals surface area contributed by atoms with E-state index in [-0.39, 0.29) is 5.43 Å². The first-order valence-corrected chi connectivity index (χ1v) is 5.85. The summed E-state index contributed by atoms with van der Waals surface area (Å²) >= 11 is 5.04. The largest absolute Gasteiger partial charge is 0.378 e. The minimum Gasteiger partial charge on any atom is -0.378 e. The van der Waals surface area contributed by atoms with Gasteiger partial charge in [0.15, 0.2) is 0 Å². The summed E-state index contributed by atoms with van der Waals surface area (Å²) in [5.41, 5.74) is 7.10. The Morgan fingerprint density at radius 3 is 2.69 bits per heavy atom. The van der Waals surface area contributed by atoms with E-state index in [1.807, 2.05) is 18.9 Å². The van der Waals surface area contributed by atoms with Crippen molar-refractivity contribution in [3.63, 3.8) is 0 Å². The van der Waals surface area contributed by atoms with Crippen molar-refractivity contribution in [1.29, 1.82) is 0 Å². The van der Waals surface area contributed by atoms with Crippen molar-refractivity contribution in [1.82, 2.24) is 0 Å². The Bertz CT molecular complexity index is 410. The summed E-state index contributed by atoms with van der Waals surface area (Å²) < 4.78 is 5.74. The third kappa shape index (κ3) is 2.66. The molecule has 0 saturated carbocycles. The fourth-order valence-corrected chi connectivity index (χ4v) is 2.06. The van der Waals surface area contributed by atoms with E-state index in [1.54, 1.807) is 0 Å². The van der Waals surface area contributed by atoms with Gasteiger partial charge < -0.3 is 15.4 Å². The van der Waals surface area contributed by atoms with E-state index in [9.17, 15) is 4.79 Å². The van der Waals surface area contributed by atoms with Crippen molar-refractivity contribution in [2.24, 2.45) is 5.73 Å². The molecule has 0 aliphatic carbocycles. The highest BCUT2D eigenvalue weighted by molar-refractivity contribution is 7.71. The van der Waals surface area contributed by atoms with Crippen LogP contribution in [0.5, 0.6) is 0 Å². The van der Waals surface area contributed by atoms with E-state index in [2.05, 4.69) is 0 Å². The fourth-order valence-electron chi connectivity index (χ4n) is 1.66. The number of nitrogens with two attached hydrogens (primary N) is 1. The van der Waals surface area contributed by atoms with Gasteiger partial charge in [-0.05, 0) is 6.42 Å². The molecule has 16 heavy (non-hydrogen) atoms. The normalized spacial score (nSPS) is 10.9. The van der Waals surface area contributed by atoms with Crippen LogP contribution in [0.15, 0.2) is 4.79 Å². The molecule has 1 aromatic rings. The number of hydrogen-bond acceptors (Lipinski definition) is 5. The molecule has 0 aliphatic rings. The quantitative estimate of drug-likeness (QED) is 0.561. The molecule has 90 valence electrons. The number of likely N-dealkylation sites (N-methyl/N-ethyl adjacent to an activating group) is 1. The van der Waals surface area contributed by atoms with Crippen LogP contribution in [-0.4, -0.2) is 33.4 Å². The number of hydrogen-bond donors (Lipinski definition) is 1. The Morgan fingerprint density at radius 1 is 1.44 bits per heavy atom. The first kappa shape index (κ1) is 13.3. The van der Waals surface area contributed by atoms with E-state index in [1.165, 1.54) is 0 Å². The number of nitrogens with zero attached hydrogens (tertiary/aromatic N) is 1. The molecule has 0 atom stereocenters. The highest BCUT2D eigenvalue weighted by Crippen LogP contribution is 2.21. The molecule has 0 fully saturated rings. The molecule has 1 aromatic carbocycles. The van der Waals surface area contributed by atoms with Gasteiger partial charge in [0.1, 0.15) is 4.51 Å². The Kier molecular flexibility index (Phi) is 5.05. The van der Waals surface area contributed by atoms with Crippen molar-refractivity contribution in [3.05, 3.63) is 20.3 Å². The maximum Gasteiger partial charge on any atom is 0.204 e. The maximum atomic E-state index is 11.4. The molecule has 0 unspecified atom stereocenters. The molecular weight excluding hydrogens is 224 g/mol. The second-order valence-electron chi connectivity index (χ2n) is 3.66. The molecule has 0 bridgehead atoms. The van der Waals surface area contributed by atoms with Crippen LogP contribution in [0.1, 0.15) is 12.5 Å². The first-order chi connectivity index (χ1) is 7.63. The molecule has 0 heterocycles. The molecule has 0 spiro atoms. The smallest absolute Gasteiger partial charge is 0.204 e. The Labute approximate surface area is 101 Å². The average molecular weight is 242 g/mol. The highest BCUT2D eigenvalue weighted by atomic mass is 32.1. The minimum atomic E-state index is 0.0298. The minimum absolute atomic E-state index is 0.0298. The summed E-state index contributed by atoms with van der Waals surface area (Å²) in [5.74, 6) is 0. The molecule has 4 nitrogen and oxygen atoms in total. The van der Waals surface area contributed by atoms with Crippen LogP contribution in [0.2, 0.25) is 0 Å². The van der Waals surface area contributed by atoms with Crippen LogP contribution in [0, 0.1) is 4.51 Å². The molecule has 5 heteroatoms. The van der Waals surface area contributed by atoms with Gasteiger partial charge in [0.05, 0.1) is 18.9 Å². The van der Waals surface area contributed by atoms with Crippen molar-refractivity contribution in [2.75, 3.05) is 38.3 Å². The van der Waals surface area contributed by atoms with Gasteiger partial charge in [0, 0.05) is 25.7 Å². The lowest BCUT2D eigenvalue weighted by molar-refractivity contribution is 0.148. The van der Waals surface area contributed by atoms with Gasteiger partial charge in [-0.2, -0.15) is 0 Å². The van der Waals surface area contributed by atoms with E-state index < -0.39 is 0 Å². The van der Waals surface area contributed by atoms with Crippen molar-refractivity contribution in [2.45, 2.75) is 13.3 Å². The third-order valence-corrected chi connectivity index (χ3v) is 2.93. The summed E-state index contributed by atoms with van der Waals surface area (Å²) in [6.07, 6.45) is 0.738. The monoisotopic (exact) mass is 242 g/mol.